The molecule has 0 saturated carbocycles. The van der Waals surface area contributed by atoms with E-state index in [4.69, 9.17) is 4.74 Å². The maximum atomic E-state index is 12.9. The molecular formula is C21H32N4O4. The van der Waals surface area contributed by atoms with Crippen molar-refractivity contribution in [3.05, 3.63) is 29.8 Å². The molecule has 1 fully saturated rings. The number of nitrogens with one attached hydrogen (secondary N) is 2. The molecule has 2 rings (SSSR count). The van der Waals surface area contributed by atoms with Crippen LogP contribution in [0.3, 0.4) is 0 Å². The first-order chi connectivity index (χ1) is 13.6. The normalized spacial score (nSPS) is 19.3. The van der Waals surface area contributed by atoms with E-state index in [9.17, 15) is 14.4 Å². The number of hydrogen-bond acceptors (Lipinski definition) is 5. The van der Waals surface area contributed by atoms with Crippen LogP contribution < -0.4 is 15.4 Å². The lowest BCUT2D eigenvalue weighted by molar-refractivity contribution is -0.134. The first kappa shape index (κ1) is 22.7. The van der Waals surface area contributed by atoms with Gasteiger partial charge in [-0.25, -0.2) is 4.79 Å². The number of rotatable bonds is 9. The zero-order valence-electron chi connectivity index (χ0n) is 18.1. The number of amides is 4. The Bertz CT molecular complexity index is 740. The van der Waals surface area contributed by atoms with Gasteiger partial charge in [0.1, 0.15) is 17.8 Å². The topological polar surface area (TPSA) is 91.0 Å². The predicted molar refractivity (Wildman–Crippen MR) is 111 cm³/mol. The maximum absolute atomic E-state index is 12.9. The summed E-state index contributed by atoms with van der Waals surface area (Å²) in [6.07, 6.45) is 0. The van der Waals surface area contributed by atoms with Crippen LogP contribution in [0.5, 0.6) is 5.75 Å². The maximum Gasteiger partial charge on any atom is 0.325 e. The van der Waals surface area contributed by atoms with Crippen LogP contribution >= 0.6 is 0 Å². The van der Waals surface area contributed by atoms with E-state index in [1.807, 2.05) is 0 Å². The minimum atomic E-state index is -1.21. The van der Waals surface area contributed by atoms with Crippen LogP contribution in [0.2, 0.25) is 0 Å². The number of benzene rings is 1. The van der Waals surface area contributed by atoms with E-state index < -0.39 is 17.5 Å². The Morgan fingerprint density at radius 3 is 2.28 bits per heavy atom. The number of urea groups is 1. The lowest BCUT2D eigenvalue weighted by Gasteiger charge is -2.30. The standard InChI is InChI=1S/C21H32N4O4/c1-14(2)24(15(3)4)12-11-22-18(26)13-25-19(27)21(5,23-20(25)28)16-7-9-17(29-6)10-8-16/h7-10,14-15H,11-13H2,1-6H3,(H,22,26)(H,23,28). The third-order valence-corrected chi connectivity index (χ3v) is 5.26. The van der Waals surface area contributed by atoms with E-state index in [0.29, 0.717) is 36.5 Å². The minimum absolute atomic E-state index is 0.306. The highest BCUT2D eigenvalue weighted by Crippen LogP contribution is 2.29. The lowest BCUT2D eigenvalue weighted by atomic mass is 9.92. The van der Waals surface area contributed by atoms with Crippen LogP contribution in [0.1, 0.15) is 40.2 Å². The van der Waals surface area contributed by atoms with Crippen LogP contribution in [0.4, 0.5) is 4.79 Å². The van der Waals surface area contributed by atoms with Gasteiger partial charge in [-0.3, -0.25) is 19.4 Å². The highest BCUT2D eigenvalue weighted by molar-refractivity contribution is 6.09. The molecule has 0 bridgehead atoms. The van der Waals surface area contributed by atoms with Crippen molar-refractivity contribution in [2.24, 2.45) is 0 Å². The molecule has 1 unspecified atom stereocenters. The lowest BCUT2D eigenvalue weighted by Crippen LogP contribution is -2.46. The molecule has 0 spiro atoms. The summed E-state index contributed by atoms with van der Waals surface area (Å²) in [6, 6.07) is 7.07. The summed E-state index contributed by atoms with van der Waals surface area (Å²) in [7, 11) is 1.56. The molecule has 1 aliphatic rings. The van der Waals surface area contributed by atoms with Gasteiger partial charge in [-0.05, 0) is 52.3 Å². The first-order valence-corrected chi connectivity index (χ1v) is 9.91. The number of methoxy groups -OCH3 is 1. The summed E-state index contributed by atoms with van der Waals surface area (Å²) in [5, 5.41) is 5.50. The fraction of sp³-hybridized carbons (Fsp3) is 0.571. The Morgan fingerprint density at radius 1 is 1.17 bits per heavy atom. The van der Waals surface area contributed by atoms with Crippen LogP contribution in [-0.2, 0) is 15.1 Å². The summed E-state index contributed by atoms with van der Waals surface area (Å²) in [5.74, 6) is -0.157. The van der Waals surface area contributed by atoms with Crippen LogP contribution in [0, 0.1) is 0 Å². The Kier molecular flexibility index (Phi) is 7.24. The zero-order valence-corrected chi connectivity index (χ0v) is 18.1. The summed E-state index contributed by atoms with van der Waals surface area (Å²) in [5.41, 5.74) is -0.584. The van der Waals surface area contributed by atoms with Gasteiger partial charge in [-0.1, -0.05) is 12.1 Å². The minimum Gasteiger partial charge on any atom is -0.497 e. The van der Waals surface area contributed by atoms with Gasteiger partial charge in [0.05, 0.1) is 7.11 Å². The smallest absolute Gasteiger partial charge is 0.325 e. The molecule has 0 radical (unpaired) electrons. The number of ether oxygens (including phenoxy) is 1. The van der Waals surface area contributed by atoms with Gasteiger partial charge in [0.15, 0.2) is 0 Å². The third kappa shape index (κ3) is 5.06. The largest absolute Gasteiger partial charge is 0.497 e. The molecule has 2 N–H and O–H groups in total. The van der Waals surface area contributed by atoms with E-state index in [0.717, 1.165) is 4.90 Å². The molecule has 1 atom stereocenters. The van der Waals surface area contributed by atoms with Gasteiger partial charge >= 0.3 is 6.03 Å². The third-order valence-electron chi connectivity index (χ3n) is 5.26. The number of carbonyl (C=O) groups excluding carboxylic acids is 3. The number of carbonyl (C=O) groups is 3. The second kappa shape index (κ2) is 9.26. The van der Waals surface area contributed by atoms with Gasteiger partial charge in [0, 0.05) is 25.2 Å². The molecule has 0 aromatic heterocycles. The van der Waals surface area contributed by atoms with Crippen LogP contribution in [0.15, 0.2) is 24.3 Å². The highest BCUT2D eigenvalue weighted by Gasteiger charge is 2.49. The average Bonchev–Trinajstić information content (AvgIpc) is 2.88. The summed E-state index contributed by atoms with van der Waals surface area (Å²) < 4.78 is 5.13. The van der Waals surface area contributed by atoms with Gasteiger partial charge in [-0.15, -0.1) is 0 Å². The highest BCUT2D eigenvalue weighted by atomic mass is 16.5. The molecule has 0 aliphatic carbocycles. The van der Waals surface area contributed by atoms with Gasteiger partial charge in [-0.2, -0.15) is 0 Å². The molecule has 29 heavy (non-hydrogen) atoms. The van der Waals surface area contributed by atoms with E-state index in [2.05, 4.69) is 43.2 Å². The number of imide groups is 1. The van der Waals surface area contributed by atoms with E-state index in [1.165, 1.54) is 0 Å². The molecule has 1 aromatic rings. The molecule has 1 heterocycles. The van der Waals surface area contributed by atoms with Crippen molar-refractivity contribution in [3.63, 3.8) is 0 Å². The van der Waals surface area contributed by atoms with Crippen molar-refractivity contribution in [2.45, 2.75) is 52.2 Å². The molecule has 1 aromatic carbocycles. The predicted octanol–water partition coefficient (Wildman–Crippen LogP) is 1.70. The van der Waals surface area contributed by atoms with E-state index in [1.54, 1.807) is 38.3 Å². The Labute approximate surface area is 172 Å². The number of hydrogen-bond donors (Lipinski definition) is 2. The van der Waals surface area contributed by atoms with E-state index in [-0.39, 0.29) is 12.5 Å². The van der Waals surface area contributed by atoms with Crippen LogP contribution in [0.25, 0.3) is 0 Å². The van der Waals surface area contributed by atoms with E-state index >= 15 is 0 Å². The Hall–Kier alpha value is -2.61. The number of nitrogens with zero attached hydrogens (tertiary/aromatic N) is 2. The zero-order chi connectivity index (χ0) is 21.8. The van der Waals surface area contributed by atoms with Crippen molar-refractivity contribution < 1.29 is 19.1 Å². The monoisotopic (exact) mass is 404 g/mol. The summed E-state index contributed by atoms with van der Waals surface area (Å²) in [4.78, 5) is 40.8. The molecule has 1 saturated heterocycles. The molecule has 8 nitrogen and oxygen atoms in total. The fourth-order valence-corrected chi connectivity index (χ4v) is 3.60. The summed E-state index contributed by atoms with van der Waals surface area (Å²) >= 11 is 0. The summed E-state index contributed by atoms with van der Waals surface area (Å²) in [6.45, 7) is 10.9. The van der Waals surface area contributed by atoms with Gasteiger partial charge < -0.3 is 15.4 Å². The molecule has 160 valence electrons. The SMILES string of the molecule is COc1ccc(C2(C)NC(=O)N(CC(=O)NCCN(C(C)C)C(C)C)C2=O)cc1. The van der Waals surface area contributed by atoms with Crippen molar-refractivity contribution in [1.82, 2.24) is 20.4 Å². The second-order valence-electron chi connectivity index (χ2n) is 7.95. The van der Waals surface area contributed by atoms with Crippen molar-refractivity contribution in [3.8, 4) is 5.75 Å². The molecule has 1 aliphatic heterocycles. The average molecular weight is 405 g/mol. The quantitative estimate of drug-likeness (QED) is 0.612. The van der Waals surface area contributed by atoms with Crippen LogP contribution in [-0.4, -0.2) is 66.5 Å². The first-order valence-electron chi connectivity index (χ1n) is 9.91. The Balaban J connectivity index is 1.98. The Morgan fingerprint density at radius 2 is 1.76 bits per heavy atom. The van der Waals surface area contributed by atoms with Crippen molar-refractivity contribution in [2.75, 3.05) is 26.7 Å². The van der Waals surface area contributed by atoms with Crippen molar-refractivity contribution >= 4 is 17.8 Å². The fourth-order valence-electron chi connectivity index (χ4n) is 3.60. The second-order valence-corrected chi connectivity index (χ2v) is 7.95. The van der Waals surface area contributed by atoms with Gasteiger partial charge in [0.2, 0.25) is 5.91 Å². The van der Waals surface area contributed by atoms with Gasteiger partial charge in [0.25, 0.3) is 5.91 Å². The molecule has 4 amide bonds. The molecule has 8 heteroatoms. The molecular weight excluding hydrogens is 372 g/mol. The van der Waals surface area contributed by atoms with Crippen molar-refractivity contribution in [1.29, 1.82) is 0 Å².